The van der Waals surface area contributed by atoms with Gasteiger partial charge >= 0.3 is 0 Å². The highest BCUT2D eigenvalue weighted by molar-refractivity contribution is 5.77. The average Bonchev–Trinajstić information content (AvgIpc) is 2.66. The van der Waals surface area contributed by atoms with Crippen LogP contribution >= 0.6 is 0 Å². The van der Waals surface area contributed by atoms with Gasteiger partial charge in [0, 0.05) is 13.1 Å². The van der Waals surface area contributed by atoms with Crippen LogP contribution < -0.4 is 10.6 Å². The van der Waals surface area contributed by atoms with E-state index in [0.29, 0.717) is 0 Å². The number of nitrogens with one attached hydrogen (secondary N) is 2. The second kappa shape index (κ2) is 8.55. The summed E-state index contributed by atoms with van der Waals surface area (Å²) in [7, 11) is 0. The molecule has 160 valence electrons. The number of hydrogen-bond acceptors (Lipinski definition) is 10. The van der Waals surface area contributed by atoms with E-state index in [1.54, 1.807) is 0 Å². The highest BCUT2D eigenvalue weighted by Gasteiger charge is 2.46. The van der Waals surface area contributed by atoms with Crippen LogP contribution in [0.15, 0.2) is 0 Å². The van der Waals surface area contributed by atoms with E-state index in [0.717, 1.165) is 0 Å². The topological polar surface area (TPSA) is 198 Å². The van der Waals surface area contributed by atoms with Gasteiger partial charge in [0.05, 0.1) is 25.0 Å². The summed E-state index contributed by atoms with van der Waals surface area (Å²) in [6.45, 7) is -0.446. The summed E-state index contributed by atoms with van der Waals surface area (Å²) < 4.78 is 11.0. The van der Waals surface area contributed by atoms with Crippen molar-refractivity contribution in [2.24, 2.45) is 0 Å². The Hall–Kier alpha value is -1.38. The average molecular weight is 406 g/mol. The molecule has 0 aliphatic carbocycles. The molecule has 2 amide bonds. The third-order valence-electron chi connectivity index (χ3n) is 5.40. The van der Waals surface area contributed by atoms with E-state index in [1.807, 2.05) is 0 Å². The standard InChI is InChI=1S/C16H26N2O10/c19-9-1-5-11(21)15(25)13(23)7(27-5)4-18-10(20)2-6-12(22)16(26)14(24)8(28-6)3-17-9/h5-8,11-16,21-26H,1-4H2,(H,17,19)(H,18,20)/t5-,6-,7-,8-,11+,12+,13-,14-,15-,16-/m1/s1. The van der Waals surface area contributed by atoms with Gasteiger partial charge in [-0.1, -0.05) is 0 Å². The number of rotatable bonds is 0. The predicted molar refractivity (Wildman–Crippen MR) is 88.6 cm³/mol. The van der Waals surface area contributed by atoms with Crippen LogP contribution in [0.25, 0.3) is 0 Å². The monoisotopic (exact) mass is 406 g/mol. The molecule has 12 heteroatoms. The molecule has 3 rings (SSSR count). The minimum Gasteiger partial charge on any atom is -0.388 e. The Morgan fingerprint density at radius 2 is 0.893 bits per heavy atom. The Kier molecular flexibility index (Phi) is 6.51. The predicted octanol–water partition coefficient (Wildman–Crippen LogP) is -5.29. The number of carbonyl (C=O) groups excluding carboxylic acids is 2. The summed E-state index contributed by atoms with van der Waals surface area (Å²) in [5, 5.41) is 65.2. The van der Waals surface area contributed by atoms with Gasteiger partial charge in [-0.2, -0.15) is 0 Å². The van der Waals surface area contributed by atoms with Gasteiger partial charge in [-0.15, -0.1) is 0 Å². The van der Waals surface area contributed by atoms with Crippen molar-refractivity contribution >= 4 is 11.8 Å². The number of hydrogen-bond donors (Lipinski definition) is 8. The van der Waals surface area contributed by atoms with E-state index in [4.69, 9.17) is 9.47 Å². The summed E-state index contributed by atoms with van der Waals surface area (Å²) >= 11 is 0. The number of aliphatic hydroxyl groups is 6. The van der Waals surface area contributed by atoms with Crippen LogP contribution in [-0.4, -0.2) is 117 Å². The molecule has 3 aliphatic heterocycles. The fourth-order valence-corrected chi connectivity index (χ4v) is 3.67. The Morgan fingerprint density at radius 1 is 0.571 bits per heavy atom. The number of carbonyl (C=O) groups is 2. The van der Waals surface area contributed by atoms with Gasteiger partial charge in [-0.05, 0) is 0 Å². The van der Waals surface area contributed by atoms with Crippen molar-refractivity contribution in [3.05, 3.63) is 0 Å². The van der Waals surface area contributed by atoms with Crippen LogP contribution in [0.2, 0.25) is 0 Å². The first-order chi connectivity index (χ1) is 13.2. The van der Waals surface area contributed by atoms with E-state index in [9.17, 15) is 40.2 Å². The summed E-state index contributed by atoms with van der Waals surface area (Å²) in [6, 6.07) is 0. The largest absolute Gasteiger partial charge is 0.388 e. The minimum absolute atomic E-state index is 0.223. The maximum Gasteiger partial charge on any atom is 0.222 e. The maximum absolute atomic E-state index is 12.2. The molecule has 4 bridgehead atoms. The molecule has 0 aromatic rings. The highest BCUT2D eigenvalue weighted by atomic mass is 16.5. The minimum atomic E-state index is -1.57. The molecular formula is C16H26N2O10. The molecule has 0 aromatic heterocycles. The SMILES string of the molecule is O=C1C[C@H]2O[C@H](CNC(=O)C[C@H]3O[C@H](CN1)[C@@H](O)[C@H](O)[C@H]3O)[C@@H](O)[C@H](O)[C@H]2O. The van der Waals surface area contributed by atoms with Crippen molar-refractivity contribution < 1.29 is 49.7 Å². The molecule has 0 radical (unpaired) electrons. The van der Waals surface area contributed by atoms with E-state index in [1.165, 1.54) is 0 Å². The first-order valence-corrected chi connectivity index (χ1v) is 9.11. The second-order valence-electron chi connectivity index (χ2n) is 7.39. The number of ether oxygens (including phenoxy) is 2. The molecule has 0 spiro atoms. The molecule has 28 heavy (non-hydrogen) atoms. The molecule has 12 nitrogen and oxygen atoms in total. The molecule has 3 heterocycles. The molecule has 0 aromatic carbocycles. The molecule has 0 saturated carbocycles. The lowest BCUT2D eigenvalue weighted by atomic mass is 9.91. The van der Waals surface area contributed by atoms with Crippen LogP contribution in [0.4, 0.5) is 0 Å². The van der Waals surface area contributed by atoms with Crippen molar-refractivity contribution in [2.75, 3.05) is 13.1 Å². The van der Waals surface area contributed by atoms with Crippen LogP contribution in [0.5, 0.6) is 0 Å². The molecule has 8 N–H and O–H groups in total. The third-order valence-corrected chi connectivity index (χ3v) is 5.40. The van der Waals surface area contributed by atoms with E-state index in [2.05, 4.69) is 10.6 Å². The fourth-order valence-electron chi connectivity index (χ4n) is 3.67. The van der Waals surface area contributed by atoms with Gasteiger partial charge < -0.3 is 50.7 Å². The summed E-state index contributed by atoms with van der Waals surface area (Å²) in [6.07, 6.45) is -14.2. The van der Waals surface area contributed by atoms with E-state index >= 15 is 0 Å². The Balaban J connectivity index is 1.79. The van der Waals surface area contributed by atoms with Gasteiger partial charge in [0.25, 0.3) is 0 Å². The zero-order chi connectivity index (χ0) is 20.6. The van der Waals surface area contributed by atoms with Gasteiger partial charge in [-0.3, -0.25) is 9.59 Å². The van der Waals surface area contributed by atoms with E-state index < -0.39 is 72.9 Å². The van der Waals surface area contributed by atoms with Crippen LogP contribution in [-0.2, 0) is 19.1 Å². The van der Waals surface area contributed by atoms with Crippen molar-refractivity contribution in [1.29, 1.82) is 0 Å². The van der Waals surface area contributed by atoms with Gasteiger partial charge in [0.1, 0.15) is 48.8 Å². The Labute approximate surface area is 160 Å². The van der Waals surface area contributed by atoms with Gasteiger partial charge in [0.2, 0.25) is 11.8 Å². The van der Waals surface area contributed by atoms with Crippen molar-refractivity contribution in [3.63, 3.8) is 0 Å². The second-order valence-corrected chi connectivity index (χ2v) is 7.39. The van der Waals surface area contributed by atoms with Crippen molar-refractivity contribution in [1.82, 2.24) is 10.6 Å². The van der Waals surface area contributed by atoms with Crippen LogP contribution in [0, 0.1) is 0 Å². The Morgan fingerprint density at radius 3 is 1.25 bits per heavy atom. The first-order valence-electron chi connectivity index (χ1n) is 9.11. The lowest BCUT2D eigenvalue weighted by Crippen LogP contribution is -2.62. The molecular weight excluding hydrogens is 380 g/mol. The zero-order valence-corrected chi connectivity index (χ0v) is 14.9. The normalized spacial score (nSPS) is 48.2. The maximum atomic E-state index is 12.2. The summed E-state index contributed by atoms with van der Waals surface area (Å²) in [4.78, 5) is 24.4. The van der Waals surface area contributed by atoms with Crippen molar-refractivity contribution in [2.45, 2.75) is 73.9 Å². The van der Waals surface area contributed by atoms with E-state index in [-0.39, 0.29) is 25.9 Å². The van der Waals surface area contributed by atoms with Gasteiger partial charge in [0.15, 0.2) is 0 Å². The summed E-state index contributed by atoms with van der Waals surface area (Å²) in [5.74, 6) is -1.17. The highest BCUT2D eigenvalue weighted by Crippen LogP contribution is 2.25. The quantitative estimate of drug-likeness (QED) is 0.192. The lowest BCUT2D eigenvalue weighted by molar-refractivity contribution is -0.226. The van der Waals surface area contributed by atoms with Gasteiger partial charge in [-0.25, -0.2) is 0 Å². The van der Waals surface area contributed by atoms with Crippen molar-refractivity contribution in [3.8, 4) is 0 Å². The molecule has 0 unspecified atom stereocenters. The molecule has 3 aliphatic rings. The Bertz CT molecular complexity index is 542. The number of aliphatic hydroxyl groups excluding tert-OH is 6. The van der Waals surface area contributed by atoms with Crippen LogP contribution in [0.3, 0.4) is 0 Å². The number of fused-ring (bicyclic) bond motifs is 4. The molecule has 10 atom stereocenters. The summed E-state index contributed by atoms with van der Waals surface area (Å²) in [5.41, 5.74) is 0. The van der Waals surface area contributed by atoms with Crippen LogP contribution in [0.1, 0.15) is 12.8 Å². The zero-order valence-electron chi connectivity index (χ0n) is 14.9. The smallest absolute Gasteiger partial charge is 0.222 e. The fraction of sp³-hybridized carbons (Fsp3) is 0.875. The lowest BCUT2D eigenvalue weighted by Gasteiger charge is -2.42. The molecule has 3 saturated heterocycles. The molecule has 3 fully saturated rings. The third kappa shape index (κ3) is 4.28. The number of amides is 2. The first kappa shape index (κ1) is 21.3.